The van der Waals surface area contributed by atoms with Crippen molar-refractivity contribution in [2.75, 3.05) is 26.2 Å². The molecule has 4 rings (SSSR count). The smallest absolute Gasteiger partial charge is 0.251 e. The zero-order valence-electron chi connectivity index (χ0n) is 15.6. The van der Waals surface area contributed by atoms with Crippen LogP contribution >= 0.6 is 0 Å². The molecule has 0 aromatic heterocycles. The lowest BCUT2D eigenvalue weighted by molar-refractivity contribution is -0.129. The third kappa shape index (κ3) is 4.17. The molecule has 1 aromatic carbocycles. The molecule has 27 heavy (non-hydrogen) atoms. The lowest BCUT2D eigenvalue weighted by atomic mass is 9.94. The van der Waals surface area contributed by atoms with Gasteiger partial charge in [0.2, 0.25) is 5.91 Å². The van der Waals surface area contributed by atoms with Crippen molar-refractivity contribution in [3.8, 4) is 0 Å². The van der Waals surface area contributed by atoms with Crippen LogP contribution in [0.5, 0.6) is 0 Å². The van der Waals surface area contributed by atoms with E-state index >= 15 is 0 Å². The third-order valence-electron chi connectivity index (χ3n) is 5.95. The Bertz CT molecular complexity index is 693. The van der Waals surface area contributed by atoms with Crippen molar-refractivity contribution in [2.24, 2.45) is 5.73 Å². The summed E-state index contributed by atoms with van der Waals surface area (Å²) in [6.07, 6.45) is 7.73. The predicted octanol–water partition coefficient (Wildman–Crippen LogP) is 1.27. The summed E-state index contributed by atoms with van der Waals surface area (Å²) in [5, 5.41) is 2.91. The highest BCUT2D eigenvalue weighted by Gasteiger charge is 2.45. The highest BCUT2D eigenvalue weighted by Crippen LogP contribution is 2.49. The maximum absolute atomic E-state index is 12.5. The van der Waals surface area contributed by atoms with Gasteiger partial charge < -0.3 is 20.7 Å². The zero-order chi connectivity index (χ0) is 18.9. The number of hydrogen-bond acceptors (Lipinski definition) is 4. The summed E-state index contributed by atoms with van der Waals surface area (Å²) >= 11 is 0. The first kappa shape index (κ1) is 18.4. The standard InChI is InChI=1S/C21H27N3O3/c22-19(25)18-13-17(7-12-27-18)23-20(26)15-3-5-16(6-4-15)21(8-9-21)14-24-10-1-2-11-24/h3-6,17-18H,1-2,7-12,14H2,(H2,22,25)(H,23,26). The Morgan fingerprint density at radius 3 is 2.56 bits per heavy atom. The fourth-order valence-electron chi connectivity index (χ4n) is 4.17. The minimum Gasteiger partial charge on any atom is -0.368 e. The summed E-state index contributed by atoms with van der Waals surface area (Å²) in [6, 6.07) is 7.68. The highest BCUT2D eigenvalue weighted by atomic mass is 16.5. The van der Waals surface area contributed by atoms with Crippen molar-refractivity contribution >= 4 is 11.8 Å². The summed E-state index contributed by atoms with van der Waals surface area (Å²) in [4.78, 5) is 26.3. The average Bonchev–Trinajstić information content (AvgIpc) is 3.27. The van der Waals surface area contributed by atoms with Crippen LogP contribution in [-0.4, -0.2) is 55.1 Å². The Labute approximate surface area is 160 Å². The molecule has 0 spiro atoms. The quantitative estimate of drug-likeness (QED) is 0.791. The molecule has 2 aliphatic heterocycles. The molecule has 2 unspecified atom stereocenters. The van der Waals surface area contributed by atoms with Crippen LogP contribution in [0.2, 0.25) is 0 Å². The van der Waals surface area contributed by atoms with Crippen molar-refractivity contribution in [3.05, 3.63) is 41.8 Å². The van der Waals surface area contributed by atoms with E-state index in [1.807, 2.05) is 12.1 Å². The highest BCUT2D eigenvalue weighted by molar-refractivity contribution is 5.94. The van der Waals surface area contributed by atoms with Gasteiger partial charge in [0.05, 0.1) is 0 Å². The van der Waals surface area contributed by atoms with E-state index in [1.54, 1.807) is 0 Å². The summed E-state index contributed by atoms with van der Waals surface area (Å²) in [6.45, 7) is 3.95. The van der Waals surface area contributed by atoms with E-state index in [4.69, 9.17) is 10.5 Å². The Balaban J connectivity index is 1.36. The number of carbonyl (C=O) groups is 2. The normalized spacial score (nSPS) is 27.3. The van der Waals surface area contributed by atoms with Crippen LogP contribution in [0.4, 0.5) is 0 Å². The minimum absolute atomic E-state index is 0.159. The SMILES string of the molecule is NC(=O)C1[C]C(NC(=O)c2ccc(C3(CN4CCCC4)CC3)cc2)CCO1. The summed E-state index contributed by atoms with van der Waals surface area (Å²) in [5.74, 6) is -0.736. The van der Waals surface area contributed by atoms with Gasteiger partial charge in [-0.15, -0.1) is 0 Å². The number of nitrogens with zero attached hydrogens (tertiary/aromatic N) is 1. The van der Waals surface area contributed by atoms with Gasteiger partial charge in [-0.2, -0.15) is 0 Å². The topological polar surface area (TPSA) is 84.7 Å². The van der Waals surface area contributed by atoms with Gasteiger partial charge in [0.15, 0.2) is 0 Å². The lowest BCUT2D eigenvalue weighted by Crippen LogP contribution is -2.46. The third-order valence-corrected chi connectivity index (χ3v) is 5.95. The molecule has 0 bridgehead atoms. The number of amides is 2. The van der Waals surface area contributed by atoms with Crippen molar-refractivity contribution < 1.29 is 14.3 Å². The second-order valence-electron chi connectivity index (χ2n) is 7.98. The van der Waals surface area contributed by atoms with Gasteiger partial charge in [0.25, 0.3) is 5.91 Å². The van der Waals surface area contributed by atoms with E-state index in [-0.39, 0.29) is 17.4 Å². The number of carbonyl (C=O) groups excluding carboxylic acids is 2. The number of nitrogens with two attached hydrogens (primary N) is 1. The molecule has 2 atom stereocenters. The molecule has 3 fully saturated rings. The van der Waals surface area contributed by atoms with E-state index in [2.05, 4.69) is 28.8 Å². The number of primary amides is 1. The Morgan fingerprint density at radius 1 is 1.22 bits per heavy atom. The Kier molecular flexibility index (Phi) is 5.19. The molecule has 6 nitrogen and oxygen atoms in total. The second kappa shape index (κ2) is 7.60. The van der Waals surface area contributed by atoms with E-state index in [0.717, 1.165) is 6.54 Å². The summed E-state index contributed by atoms with van der Waals surface area (Å²) in [7, 11) is 0. The molecule has 1 saturated carbocycles. The Morgan fingerprint density at radius 2 is 1.93 bits per heavy atom. The molecule has 2 amide bonds. The van der Waals surface area contributed by atoms with E-state index in [1.165, 1.54) is 44.3 Å². The number of ether oxygens (including phenoxy) is 1. The number of nitrogens with one attached hydrogen (secondary N) is 1. The van der Waals surface area contributed by atoms with Gasteiger partial charge >= 0.3 is 0 Å². The fraction of sp³-hybridized carbons (Fsp3) is 0.571. The van der Waals surface area contributed by atoms with Crippen LogP contribution < -0.4 is 11.1 Å². The first-order chi connectivity index (χ1) is 13.1. The number of benzene rings is 1. The zero-order valence-corrected chi connectivity index (χ0v) is 15.6. The van der Waals surface area contributed by atoms with Gasteiger partial charge in [0, 0.05) is 36.6 Å². The number of hydrogen-bond donors (Lipinski definition) is 2. The van der Waals surface area contributed by atoms with E-state index in [9.17, 15) is 9.59 Å². The van der Waals surface area contributed by atoms with Gasteiger partial charge in [-0.25, -0.2) is 0 Å². The molecule has 6 heteroatoms. The van der Waals surface area contributed by atoms with Crippen molar-refractivity contribution in [2.45, 2.75) is 49.7 Å². The van der Waals surface area contributed by atoms with Gasteiger partial charge in [0.1, 0.15) is 6.10 Å². The van der Waals surface area contributed by atoms with Crippen LogP contribution in [0.25, 0.3) is 0 Å². The molecule has 3 N–H and O–H groups in total. The fourth-order valence-corrected chi connectivity index (χ4v) is 4.17. The first-order valence-electron chi connectivity index (χ1n) is 9.86. The predicted molar refractivity (Wildman–Crippen MR) is 101 cm³/mol. The molecule has 2 radical (unpaired) electrons. The second-order valence-corrected chi connectivity index (χ2v) is 7.98. The molecular formula is C21H27N3O3. The molecule has 2 heterocycles. The largest absolute Gasteiger partial charge is 0.368 e. The van der Waals surface area contributed by atoms with E-state index < -0.39 is 12.0 Å². The molecular weight excluding hydrogens is 342 g/mol. The Hall–Kier alpha value is -1.92. The lowest BCUT2D eigenvalue weighted by Gasteiger charge is -2.27. The molecule has 1 aliphatic carbocycles. The van der Waals surface area contributed by atoms with Gasteiger partial charge in [-0.3, -0.25) is 9.59 Å². The van der Waals surface area contributed by atoms with E-state index in [0.29, 0.717) is 18.6 Å². The van der Waals surface area contributed by atoms with Crippen LogP contribution in [0.1, 0.15) is 48.0 Å². The summed E-state index contributed by atoms with van der Waals surface area (Å²) in [5.41, 5.74) is 7.50. The maximum atomic E-state index is 12.5. The minimum atomic E-state index is -0.855. The molecule has 1 aromatic rings. The maximum Gasteiger partial charge on any atom is 0.251 e. The molecule has 144 valence electrons. The van der Waals surface area contributed by atoms with Gasteiger partial charge in [-0.1, -0.05) is 12.1 Å². The molecule has 2 saturated heterocycles. The first-order valence-corrected chi connectivity index (χ1v) is 9.86. The monoisotopic (exact) mass is 369 g/mol. The van der Waals surface area contributed by atoms with Gasteiger partial charge in [-0.05, 0) is 62.9 Å². The van der Waals surface area contributed by atoms with Crippen LogP contribution in [-0.2, 0) is 14.9 Å². The van der Waals surface area contributed by atoms with Crippen molar-refractivity contribution in [1.82, 2.24) is 10.2 Å². The van der Waals surface area contributed by atoms with Crippen LogP contribution in [0.15, 0.2) is 24.3 Å². The molecule has 3 aliphatic rings. The average molecular weight is 369 g/mol. The number of likely N-dealkylation sites (tertiary alicyclic amines) is 1. The van der Waals surface area contributed by atoms with Crippen molar-refractivity contribution in [3.63, 3.8) is 0 Å². The van der Waals surface area contributed by atoms with Crippen molar-refractivity contribution in [1.29, 1.82) is 0 Å². The summed E-state index contributed by atoms with van der Waals surface area (Å²) < 4.78 is 5.23. The number of rotatable bonds is 6. The van der Waals surface area contributed by atoms with Crippen LogP contribution in [0.3, 0.4) is 0 Å². The van der Waals surface area contributed by atoms with Crippen LogP contribution in [0, 0.1) is 6.42 Å².